The Morgan fingerprint density at radius 2 is 2.20 bits per heavy atom. The molecular weight excluding hydrogens is 261 g/mol. The highest BCUT2D eigenvalue weighted by atomic mass is 19.1. The minimum Gasteiger partial charge on any atom is -0.497 e. The van der Waals surface area contributed by atoms with Gasteiger partial charge in [0.1, 0.15) is 11.6 Å². The first-order valence-electron chi connectivity index (χ1n) is 6.91. The quantitative estimate of drug-likeness (QED) is 0.888. The summed E-state index contributed by atoms with van der Waals surface area (Å²) in [5.74, 6) is -0.590. The van der Waals surface area contributed by atoms with Crippen molar-refractivity contribution in [3.8, 4) is 5.75 Å². The largest absolute Gasteiger partial charge is 0.497 e. The number of methoxy groups -OCH3 is 1. The Hall–Kier alpha value is -1.62. The van der Waals surface area contributed by atoms with Gasteiger partial charge in [0.05, 0.1) is 12.7 Å². The molecule has 0 aliphatic heterocycles. The average Bonchev–Trinajstić information content (AvgIpc) is 2.47. The van der Waals surface area contributed by atoms with Crippen LogP contribution in [0.3, 0.4) is 0 Å². The maximum absolute atomic E-state index is 13.8. The lowest BCUT2D eigenvalue weighted by Gasteiger charge is -2.30. The van der Waals surface area contributed by atoms with Gasteiger partial charge in [-0.05, 0) is 25.0 Å². The van der Waals surface area contributed by atoms with Crippen molar-refractivity contribution in [1.82, 2.24) is 5.32 Å². The molecule has 2 atom stereocenters. The molecule has 0 radical (unpaired) electrons. The monoisotopic (exact) mass is 281 g/mol. The highest BCUT2D eigenvalue weighted by molar-refractivity contribution is 5.94. The number of benzene rings is 1. The minimum absolute atomic E-state index is 0.00747. The summed E-state index contributed by atoms with van der Waals surface area (Å²) in [6.45, 7) is 0.0516. The lowest BCUT2D eigenvalue weighted by Crippen LogP contribution is -2.43. The van der Waals surface area contributed by atoms with Crippen LogP contribution in [0.25, 0.3) is 0 Å². The smallest absolute Gasteiger partial charge is 0.254 e. The summed E-state index contributed by atoms with van der Waals surface area (Å²) in [6, 6.07) is 4.09. The standard InChI is InChI=1S/C15H20FNO3/c1-20-11-6-7-12(13(16)8-11)15(19)17-14-5-3-2-4-10(14)9-18/h6-8,10,14,18H,2-5,9H2,1H3,(H,17,19). The first-order chi connectivity index (χ1) is 9.65. The molecule has 1 aliphatic carbocycles. The highest BCUT2D eigenvalue weighted by Crippen LogP contribution is 2.24. The molecule has 1 fully saturated rings. The van der Waals surface area contributed by atoms with Crippen LogP contribution >= 0.6 is 0 Å². The Morgan fingerprint density at radius 1 is 1.45 bits per heavy atom. The third-order valence-electron chi connectivity index (χ3n) is 3.88. The third-order valence-corrected chi connectivity index (χ3v) is 3.88. The van der Waals surface area contributed by atoms with Gasteiger partial charge in [-0.2, -0.15) is 0 Å². The molecule has 4 nitrogen and oxygen atoms in total. The number of halogens is 1. The van der Waals surface area contributed by atoms with Gasteiger partial charge < -0.3 is 15.2 Å². The normalized spacial score (nSPS) is 22.4. The number of hydrogen-bond donors (Lipinski definition) is 2. The van der Waals surface area contributed by atoms with Crippen LogP contribution in [0, 0.1) is 11.7 Å². The maximum Gasteiger partial charge on any atom is 0.254 e. The Labute approximate surface area is 117 Å². The molecule has 2 unspecified atom stereocenters. The van der Waals surface area contributed by atoms with Gasteiger partial charge in [0.2, 0.25) is 0 Å². The summed E-state index contributed by atoms with van der Waals surface area (Å²) >= 11 is 0. The van der Waals surface area contributed by atoms with Gasteiger partial charge in [-0.3, -0.25) is 4.79 Å². The van der Waals surface area contributed by atoms with Crippen molar-refractivity contribution in [3.05, 3.63) is 29.6 Å². The molecule has 2 N–H and O–H groups in total. The molecule has 0 saturated heterocycles. The molecule has 0 bridgehead atoms. The fourth-order valence-corrected chi connectivity index (χ4v) is 2.67. The van der Waals surface area contributed by atoms with Crippen molar-refractivity contribution < 1.29 is 19.0 Å². The van der Waals surface area contributed by atoms with E-state index in [9.17, 15) is 14.3 Å². The SMILES string of the molecule is COc1ccc(C(=O)NC2CCCCC2CO)c(F)c1. The van der Waals surface area contributed by atoms with Crippen LogP contribution in [0.5, 0.6) is 5.75 Å². The summed E-state index contributed by atoms with van der Waals surface area (Å²) in [4.78, 5) is 12.1. The number of carbonyl (C=O) groups is 1. The molecule has 1 saturated carbocycles. The second kappa shape index (κ2) is 6.70. The van der Waals surface area contributed by atoms with E-state index in [4.69, 9.17) is 4.74 Å². The van der Waals surface area contributed by atoms with Gasteiger partial charge in [-0.15, -0.1) is 0 Å². The van der Waals surface area contributed by atoms with Crippen LogP contribution in [0.1, 0.15) is 36.0 Å². The predicted octanol–water partition coefficient (Wildman–Crippen LogP) is 2.12. The van der Waals surface area contributed by atoms with Crippen LogP contribution in [0.2, 0.25) is 0 Å². The van der Waals surface area contributed by atoms with E-state index in [1.54, 1.807) is 6.07 Å². The minimum atomic E-state index is -0.599. The number of carbonyl (C=O) groups excluding carboxylic acids is 1. The number of aliphatic hydroxyl groups excluding tert-OH is 1. The van der Waals surface area contributed by atoms with Crippen LogP contribution in [-0.4, -0.2) is 30.8 Å². The molecule has 20 heavy (non-hydrogen) atoms. The molecule has 0 aromatic heterocycles. The van der Waals surface area contributed by atoms with E-state index >= 15 is 0 Å². The molecule has 1 amide bonds. The molecule has 5 heteroatoms. The van der Waals surface area contributed by atoms with Crippen molar-refractivity contribution in [2.75, 3.05) is 13.7 Å². The zero-order valence-electron chi connectivity index (χ0n) is 11.6. The lowest BCUT2D eigenvalue weighted by molar-refractivity contribution is 0.0868. The molecule has 0 spiro atoms. The van der Waals surface area contributed by atoms with Crippen LogP contribution in [0.4, 0.5) is 4.39 Å². The Morgan fingerprint density at radius 3 is 2.85 bits per heavy atom. The maximum atomic E-state index is 13.8. The van der Waals surface area contributed by atoms with Crippen molar-refractivity contribution in [2.45, 2.75) is 31.7 Å². The third kappa shape index (κ3) is 3.28. The molecule has 1 aliphatic rings. The molecule has 110 valence electrons. The first-order valence-corrected chi connectivity index (χ1v) is 6.91. The molecule has 0 heterocycles. The van der Waals surface area contributed by atoms with Gasteiger partial charge in [0.15, 0.2) is 0 Å². The Balaban J connectivity index is 2.07. The zero-order chi connectivity index (χ0) is 14.5. The van der Waals surface area contributed by atoms with Crippen molar-refractivity contribution in [2.24, 2.45) is 5.92 Å². The Bertz CT molecular complexity index is 478. The van der Waals surface area contributed by atoms with Gasteiger partial charge in [-0.25, -0.2) is 4.39 Å². The zero-order valence-corrected chi connectivity index (χ0v) is 11.6. The van der Waals surface area contributed by atoms with E-state index in [2.05, 4.69) is 5.32 Å². The van der Waals surface area contributed by atoms with E-state index < -0.39 is 11.7 Å². The van der Waals surface area contributed by atoms with Gasteiger partial charge in [0, 0.05) is 24.6 Å². The van der Waals surface area contributed by atoms with Crippen LogP contribution in [0.15, 0.2) is 18.2 Å². The first kappa shape index (κ1) is 14.8. The van der Waals surface area contributed by atoms with Crippen LogP contribution in [-0.2, 0) is 0 Å². The Kier molecular flexibility index (Phi) is 4.95. The van der Waals surface area contributed by atoms with Gasteiger partial charge in [-0.1, -0.05) is 12.8 Å². The summed E-state index contributed by atoms with van der Waals surface area (Å²) in [6.07, 6.45) is 3.81. The molecular formula is C15H20FNO3. The van der Waals surface area contributed by atoms with Crippen molar-refractivity contribution in [3.63, 3.8) is 0 Å². The number of nitrogens with one attached hydrogen (secondary N) is 1. The second-order valence-corrected chi connectivity index (χ2v) is 5.15. The van der Waals surface area contributed by atoms with E-state index in [1.807, 2.05) is 0 Å². The number of ether oxygens (including phenoxy) is 1. The number of hydrogen-bond acceptors (Lipinski definition) is 3. The van der Waals surface area contributed by atoms with Crippen molar-refractivity contribution >= 4 is 5.91 Å². The van der Waals surface area contributed by atoms with Crippen LogP contribution < -0.4 is 10.1 Å². The van der Waals surface area contributed by atoms with Gasteiger partial charge in [0.25, 0.3) is 5.91 Å². The highest BCUT2D eigenvalue weighted by Gasteiger charge is 2.26. The number of amides is 1. The van der Waals surface area contributed by atoms with E-state index in [0.29, 0.717) is 5.75 Å². The molecule has 1 aromatic rings. The topological polar surface area (TPSA) is 58.6 Å². The summed E-state index contributed by atoms with van der Waals surface area (Å²) in [5, 5.41) is 12.2. The number of rotatable bonds is 4. The van der Waals surface area contributed by atoms with Gasteiger partial charge >= 0.3 is 0 Å². The van der Waals surface area contributed by atoms with Crippen molar-refractivity contribution in [1.29, 1.82) is 0 Å². The predicted molar refractivity (Wildman–Crippen MR) is 73.3 cm³/mol. The summed E-state index contributed by atoms with van der Waals surface area (Å²) in [5.41, 5.74) is 0.00747. The van der Waals surface area contributed by atoms with E-state index in [-0.39, 0.29) is 24.1 Å². The summed E-state index contributed by atoms with van der Waals surface area (Å²) < 4.78 is 18.7. The second-order valence-electron chi connectivity index (χ2n) is 5.15. The average molecular weight is 281 g/mol. The summed E-state index contributed by atoms with van der Waals surface area (Å²) in [7, 11) is 1.45. The fourth-order valence-electron chi connectivity index (χ4n) is 2.67. The number of aliphatic hydroxyl groups is 1. The van der Waals surface area contributed by atoms with E-state index in [1.165, 1.54) is 19.2 Å². The lowest BCUT2D eigenvalue weighted by atomic mass is 9.85. The molecule has 1 aromatic carbocycles. The molecule has 2 rings (SSSR count). The van der Waals surface area contributed by atoms with E-state index in [0.717, 1.165) is 25.7 Å². The fraction of sp³-hybridized carbons (Fsp3) is 0.533.